The predicted octanol–water partition coefficient (Wildman–Crippen LogP) is 5.62. The Morgan fingerprint density at radius 2 is 2.00 bits per heavy atom. The molecule has 0 saturated heterocycles. The lowest BCUT2D eigenvalue weighted by Crippen LogP contribution is -1.95. The molecule has 7 heteroatoms. The zero-order chi connectivity index (χ0) is 18.8. The van der Waals surface area contributed by atoms with E-state index in [1.807, 2.05) is 48.7 Å². The zero-order valence-corrected chi connectivity index (χ0v) is 16.4. The van der Waals surface area contributed by atoms with Crippen LogP contribution in [0.25, 0.3) is 21.3 Å². The minimum absolute atomic E-state index is 0.0470. The highest BCUT2D eigenvalue weighted by Gasteiger charge is 2.13. The molecular formula is C20H16N2O3S2. The summed E-state index contributed by atoms with van der Waals surface area (Å²) in [5, 5.41) is 2.82. The number of aromatic nitrogens is 2. The van der Waals surface area contributed by atoms with E-state index >= 15 is 0 Å². The molecule has 0 aliphatic carbocycles. The maximum absolute atomic E-state index is 11.6. The lowest BCUT2D eigenvalue weighted by atomic mass is 10.2. The number of thiophene rings is 1. The number of nitrogens with zero attached hydrogens (tertiary/aromatic N) is 2. The van der Waals surface area contributed by atoms with Gasteiger partial charge < -0.3 is 9.15 Å². The van der Waals surface area contributed by atoms with Crippen molar-refractivity contribution in [3.05, 3.63) is 64.3 Å². The van der Waals surface area contributed by atoms with Gasteiger partial charge in [-0.05, 0) is 42.6 Å². The topological polar surface area (TPSA) is 65.2 Å². The zero-order valence-electron chi connectivity index (χ0n) is 14.8. The van der Waals surface area contributed by atoms with Crippen LogP contribution in [-0.2, 0) is 6.61 Å². The minimum Gasteiger partial charge on any atom is -0.487 e. The molecule has 0 spiro atoms. The van der Waals surface area contributed by atoms with Gasteiger partial charge in [0.05, 0.1) is 15.4 Å². The second-order valence-corrected chi connectivity index (χ2v) is 7.87. The van der Waals surface area contributed by atoms with Crippen LogP contribution in [0, 0.1) is 6.92 Å². The Morgan fingerprint density at radius 3 is 2.67 bits per heavy atom. The van der Waals surface area contributed by atoms with E-state index in [-0.39, 0.29) is 5.78 Å². The molecule has 1 aromatic carbocycles. The highest BCUT2D eigenvalue weighted by Crippen LogP contribution is 2.30. The fourth-order valence-electron chi connectivity index (χ4n) is 2.58. The average Bonchev–Trinajstić information content (AvgIpc) is 3.40. The van der Waals surface area contributed by atoms with Gasteiger partial charge in [0.25, 0.3) is 0 Å². The van der Waals surface area contributed by atoms with E-state index < -0.39 is 0 Å². The number of carbonyl (C=O) groups excluding carboxylic acids is 1. The summed E-state index contributed by atoms with van der Waals surface area (Å²) >= 11 is 3.00. The summed E-state index contributed by atoms with van der Waals surface area (Å²) in [6, 6.07) is 11.6. The SMILES string of the molecule is CC(=O)c1sc(-c2ccc(OCc3coc(-c4cccs4)n3)cc2)nc1C. The average molecular weight is 396 g/mol. The maximum atomic E-state index is 11.6. The number of hydrogen-bond acceptors (Lipinski definition) is 7. The number of ether oxygens (including phenoxy) is 1. The number of rotatable bonds is 6. The molecule has 5 nitrogen and oxygen atoms in total. The van der Waals surface area contributed by atoms with E-state index in [0.717, 1.165) is 32.6 Å². The first kappa shape index (κ1) is 17.6. The highest BCUT2D eigenvalue weighted by molar-refractivity contribution is 7.17. The van der Waals surface area contributed by atoms with Crippen molar-refractivity contribution >= 4 is 28.5 Å². The van der Waals surface area contributed by atoms with Crippen molar-refractivity contribution in [2.45, 2.75) is 20.5 Å². The number of hydrogen-bond donors (Lipinski definition) is 0. The predicted molar refractivity (Wildman–Crippen MR) is 106 cm³/mol. The third-order valence-electron chi connectivity index (χ3n) is 3.89. The minimum atomic E-state index is 0.0470. The lowest BCUT2D eigenvalue weighted by molar-refractivity contribution is 0.102. The van der Waals surface area contributed by atoms with Gasteiger partial charge in [-0.15, -0.1) is 22.7 Å². The van der Waals surface area contributed by atoms with Gasteiger partial charge in [-0.1, -0.05) is 6.07 Å². The molecule has 0 fully saturated rings. The summed E-state index contributed by atoms with van der Waals surface area (Å²) < 4.78 is 11.3. The third kappa shape index (κ3) is 3.84. The van der Waals surface area contributed by atoms with Crippen molar-refractivity contribution in [2.24, 2.45) is 0 Å². The van der Waals surface area contributed by atoms with Crippen LogP contribution in [0.15, 0.2) is 52.5 Å². The van der Waals surface area contributed by atoms with Gasteiger partial charge in [0.2, 0.25) is 5.89 Å². The van der Waals surface area contributed by atoms with Gasteiger partial charge >= 0.3 is 0 Å². The Hall–Kier alpha value is -2.77. The van der Waals surface area contributed by atoms with Crippen LogP contribution >= 0.6 is 22.7 Å². The number of aryl methyl sites for hydroxylation is 1. The molecule has 4 aromatic rings. The molecule has 3 heterocycles. The quantitative estimate of drug-likeness (QED) is 0.396. The summed E-state index contributed by atoms with van der Waals surface area (Å²) in [5.74, 6) is 1.39. The van der Waals surface area contributed by atoms with Crippen LogP contribution in [0.3, 0.4) is 0 Å². The lowest BCUT2D eigenvalue weighted by Gasteiger charge is -2.04. The van der Waals surface area contributed by atoms with Gasteiger partial charge in [0.1, 0.15) is 29.3 Å². The monoisotopic (exact) mass is 396 g/mol. The molecule has 0 bridgehead atoms. The number of benzene rings is 1. The van der Waals surface area contributed by atoms with Gasteiger partial charge in [-0.25, -0.2) is 9.97 Å². The summed E-state index contributed by atoms with van der Waals surface area (Å²) in [6.45, 7) is 3.75. The van der Waals surface area contributed by atoms with Gasteiger partial charge in [-0.3, -0.25) is 4.79 Å². The van der Waals surface area contributed by atoms with Crippen molar-refractivity contribution in [2.75, 3.05) is 0 Å². The molecule has 27 heavy (non-hydrogen) atoms. The summed E-state index contributed by atoms with van der Waals surface area (Å²) in [7, 11) is 0. The highest BCUT2D eigenvalue weighted by atomic mass is 32.1. The van der Waals surface area contributed by atoms with Crippen LogP contribution in [0.2, 0.25) is 0 Å². The Bertz CT molecular complexity index is 1060. The number of oxazole rings is 1. The number of carbonyl (C=O) groups is 1. The Morgan fingerprint density at radius 1 is 1.19 bits per heavy atom. The van der Waals surface area contributed by atoms with E-state index in [2.05, 4.69) is 9.97 Å². The molecule has 4 rings (SSSR count). The van der Waals surface area contributed by atoms with Crippen molar-refractivity contribution in [1.29, 1.82) is 0 Å². The molecule has 0 aliphatic heterocycles. The van der Waals surface area contributed by atoms with E-state index in [1.165, 1.54) is 11.3 Å². The van der Waals surface area contributed by atoms with E-state index in [1.54, 1.807) is 24.5 Å². The fraction of sp³-hybridized carbons (Fsp3) is 0.150. The maximum Gasteiger partial charge on any atom is 0.236 e. The number of ketones is 1. The Labute approximate surface area is 164 Å². The Kier molecular flexibility index (Phi) is 4.87. The van der Waals surface area contributed by atoms with E-state index in [0.29, 0.717) is 17.4 Å². The molecule has 0 unspecified atom stereocenters. The molecule has 0 amide bonds. The van der Waals surface area contributed by atoms with Crippen LogP contribution in [0.5, 0.6) is 5.75 Å². The second-order valence-electron chi connectivity index (χ2n) is 5.92. The molecule has 0 N–H and O–H groups in total. The first-order chi connectivity index (χ1) is 13.1. The molecule has 0 atom stereocenters. The molecule has 136 valence electrons. The first-order valence-corrected chi connectivity index (χ1v) is 9.99. The van der Waals surface area contributed by atoms with Gasteiger partial charge in [-0.2, -0.15) is 0 Å². The molecule has 0 aliphatic rings. The normalized spacial score (nSPS) is 10.9. The van der Waals surface area contributed by atoms with Crippen molar-refractivity contribution in [1.82, 2.24) is 9.97 Å². The van der Waals surface area contributed by atoms with Crippen LogP contribution in [0.4, 0.5) is 0 Å². The van der Waals surface area contributed by atoms with Crippen LogP contribution in [-0.4, -0.2) is 15.8 Å². The van der Waals surface area contributed by atoms with Gasteiger partial charge in [0, 0.05) is 12.5 Å². The van der Waals surface area contributed by atoms with Crippen molar-refractivity contribution in [3.63, 3.8) is 0 Å². The van der Waals surface area contributed by atoms with Crippen LogP contribution < -0.4 is 4.74 Å². The second kappa shape index (κ2) is 7.46. The van der Waals surface area contributed by atoms with Gasteiger partial charge in [0.15, 0.2) is 5.78 Å². The Balaban J connectivity index is 1.42. The molecule has 3 aromatic heterocycles. The third-order valence-corrected chi connectivity index (χ3v) is 6.05. The van der Waals surface area contributed by atoms with Crippen LogP contribution in [0.1, 0.15) is 28.0 Å². The molecule has 0 saturated carbocycles. The standard InChI is InChI=1S/C20H16N2O3S2/c1-12-18(13(2)23)27-20(21-12)14-5-7-16(8-6-14)24-10-15-11-25-19(22-15)17-4-3-9-26-17/h3-9,11H,10H2,1-2H3. The number of Topliss-reactive ketones (excluding diaryl/α,β-unsaturated/α-hetero) is 1. The summed E-state index contributed by atoms with van der Waals surface area (Å²) in [4.78, 5) is 22.2. The molecule has 0 radical (unpaired) electrons. The van der Waals surface area contributed by atoms with Crippen molar-refractivity contribution in [3.8, 4) is 27.1 Å². The summed E-state index contributed by atoms with van der Waals surface area (Å²) in [6.07, 6.45) is 1.62. The van der Waals surface area contributed by atoms with E-state index in [4.69, 9.17) is 9.15 Å². The largest absolute Gasteiger partial charge is 0.487 e. The first-order valence-electron chi connectivity index (χ1n) is 8.30. The smallest absolute Gasteiger partial charge is 0.236 e. The fourth-order valence-corrected chi connectivity index (χ4v) is 4.21. The number of thiazole rings is 1. The van der Waals surface area contributed by atoms with E-state index in [9.17, 15) is 4.79 Å². The summed E-state index contributed by atoms with van der Waals surface area (Å²) in [5.41, 5.74) is 2.48. The van der Waals surface area contributed by atoms with Crippen molar-refractivity contribution < 1.29 is 13.9 Å². The molecular weight excluding hydrogens is 380 g/mol.